The smallest absolute Gasteiger partial charge is 0.226 e. The Morgan fingerprint density at radius 1 is 0.529 bits per heavy atom. The normalized spacial score (nSPS) is 18.1. The van der Waals surface area contributed by atoms with Crippen molar-refractivity contribution in [2.24, 2.45) is 9.98 Å². The summed E-state index contributed by atoms with van der Waals surface area (Å²) in [6.07, 6.45) is 8.12. The van der Waals surface area contributed by atoms with Crippen molar-refractivity contribution < 1.29 is 9.53 Å². The minimum Gasteiger partial charge on any atom is -0.491 e. The molecule has 0 fully saturated rings. The molecule has 8 bridgehead atoms. The van der Waals surface area contributed by atoms with Gasteiger partial charge in [-0.1, -0.05) is 121 Å². The molecule has 1 aromatic heterocycles. The molecule has 6 nitrogen and oxygen atoms in total. The van der Waals surface area contributed by atoms with Gasteiger partial charge in [0.1, 0.15) is 6.04 Å². The maximum atomic E-state index is 14.6. The molecule has 0 saturated carbocycles. The largest absolute Gasteiger partial charge is 0.491 e. The summed E-state index contributed by atoms with van der Waals surface area (Å²) in [5.74, 6) is 0.0862. The molecule has 1 unspecified atom stereocenters. The Labute approximate surface area is 295 Å². The molecular weight excluding hydrogens is 629 g/mol. The molecule has 4 aromatic carbocycles. The maximum absolute atomic E-state index is 14.6. The Morgan fingerprint density at radius 3 is 1.49 bits per heavy atom. The van der Waals surface area contributed by atoms with Crippen LogP contribution in [-0.2, 0) is 9.53 Å². The summed E-state index contributed by atoms with van der Waals surface area (Å²) in [7, 11) is 1.55. The van der Waals surface area contributed by atoms with Gasteiger partial charge in [0.05, 0.1) is 35.6 Å². The number of benzene rings is 4. The highest BCUT2D eigenvalue weighted by atomic mass is 16.5. The lowest BCUT2D eigenvalue weighted by Gasteiger charge is -2.19. The summed E-state index contributed by atoms with van der Waals surface area (Å²) < 4.78 is 5.96. The zero-order valence-corrected chi connectivity index (χ0v) is 27.8. The third-order valence-corrected chi connectivity index (χ3v) is 9.57. The second-order valence-electron chi connectivity index (χ2n) is 12.6. The van der Waals surface area contributed by atoms with Gasteiger partial charge in [-0.3, -0.25) is 4.79 Å². The summed E-state index contributed by atoms with van der Waals surface area (Å²) >= 11 is 0. The van der Waals surface area contributed by atoms with E-state index in [4.69, 9.17) is 14.7 Å². The number of aromatic amines is 1. The van der Waals surface area contributed by atoms with E-state index in [0.29, 0.717) is 11.4 Å². The maximum Gasteiger partial charge on any atom is 0.226 e. The summed E-state index contributed by atoms with van der Waals surface area (Å²) in [6.45, 7) is 0. The standard InChI is InChI=1S/C45H32N4O2/c1-51-45-43-41(31-20-12-5-13-21-31)37-27-25-35(48-37)39(29-16-8-3-9-17-29)33-23-22-32(46-33)38(28-14-6-2-7-15-28)34-24-26-36(47-34)40(42(49-43)44(45)50)30-18-10-4-11-19-30/h2-27,42,46,49H,1H3. The molecule has 0 radical (unpaired) electrons. The van der Waals surface area contributed by atoms with E-state index < -0.39 is 6.04 Å². The van der Waals surface area contributed by atoms with E-state index >= 15 is 0 Å². The molecule has 5 heterocycles. The van der Waals surface area contributed by atoms with Crippen molar-refractivity contribution in [1.82, 2.24) is 10.3 Å². The van der Waals surface area contributed by atoms with Gasteiger partial charge in [0.25, 0.3) is 0 Å². The van der Waals surface area contributed by atoms with Crippen molar-refractivity contribution >= 4 is 39.5 Å². The van der Waals surface area contributed by atoms with Gasteiger partial charge < -0.3 is 15.0 Å². The van der Waals surface area contributed by atoms with Crippen LogP contribution in [-0.4, -0.2) is 35.3 Å². The highest BCUT2D eigenvalue weighted by Gasteiger charge is 2.40. The Hall–Kier alpha value is -6.79. The Bertz CT molecular complexity index is 2570. The minimum atomic E-state index is -0.759. The second-order valence-corrected chi connectivity index (χ2v) is 12.6. The number of ketones is 1. The fraction of sp³-hybridized carbons (Fsp3) is 0.0444. The number of hydrogen-bond acceptors (Lipinski definition) is 5. The summed E-state index contributed by atoms with van der Waals surface area (Å²) in [6, 6.07) is 44.1. The molecule has 4 aliphatic heterocycles. The number of carbonyl (C=O) groups is 1. The van der Waals surface area contributed by atoms with Crippen molar-refractivity contribution in [3.63, 3.8) is 0 Å². The molecule has 244 valence electrons. The van der Waals surface area contributed by atoms with Gasteiger partial charge in [-0.05, 0) is 58.7 Å². The third-order valence-electron chi connectivity index (χ3n) is 9.57. The molecule has 2 N–H and O–H groups in total. The number of methoxy groups -OCH3 is 1. The van der Waals surface area contributed by atoms with Crippen molar-refractivity contribution in [3.05, 3.63) is 214 Å². The first-order valence-electron chi connectivity index (χ1n) is 17.0. The summed E-state index contributed by atoms with van der Waals surface area (Å²) in [4.78, 5) is 28.9. The van der Waals surface area contributed by atoms with Crippen LogP contribution in [0.3, 0.4) is 0 Å². The number of aliphatic imine (C=N–C) groups is 2. The molecule has 0 amide bonds. The minimum absolute atomic E-state index is 0.169. The number of rotatable bonds is 5. The number of aromatic nitrogens is 1. The average molecular weight is 661 g/mol. The molecule has 0 spiro atoms. The molecule has 1 atom stereocenters. The van der Waals surface area contributed by atoms with Gasteiger partial charge in [-0.25, -0.2) is 9.98 Å². The van der Waals surface area contributed by atoms with Crippen LogP contribution in [0.4, 0.5) is 0 Å². The lowest BCUT2D eigenvalue weighted by molar-refractivity contribution is -0.117. The van der Waals surface area contributed by atoms with E-state index in [0.717, 1.165) is 72.4 Å². The quantitative estimate of drug-likeness (QED) is 0.221. The second kappa shape index (κ2) is 12.6. The number of carbonyl (C=O) groups excluding carboxylic acids is 1. The van der Waals surface area contributed by atoms with E-state index in [9.17, 15) is 4.79 Å². The first-order valence-corrected chi connectivity index (χ1v) is 17.0. The van der Waals surface area contributed by atoms with Crippen LogP contribution >= 0.6 is 0 Å². The van der Waals surface area contributed by atoms with Gasteiger partial charge in [-0.15, -0.1) is 0 Å². The van der Waals surface area contributed by atoms with E-state index in [2.05, 4.69) is 52.8 Å². The van der Waals surface area contributed by atoms with E-state index in [-0.39, 0.29) is 11.5 Å². The zero-order chi connectivity index (χ0) is 34.3. The van der Waals surface area contributed by atoms with Crippen LogP contribution in [0.1, 0.15) is 22.3 Å². The van der Waals surface area contributed by atoms with Crippen LogP contribution in [0.15, 0.2) is 191 Å². The number of hydrogen-bond donors (Lipinski definition) is 2. The van der Waals surface area contributed by atoms with E-state index in [1.807, 2.05) is 115 Å². The molecule has 0 saturated heterocycles. The van der Waals surface area contributed by atoms with Crippen LogP contribution in [0.2, 0.25) is 0 Å². The SMILES string of the molecule is COC1=C2NC(C1=O)C(c1ccccc1)=C1C=CC(=N1)C(c1ccccc1)=c1ccc([nH]1)=C(c1ccccc1)C1=NC(=C2c2ccccc2)C=C1. The molecule has 51 heavy (non-hydrogen) atoms. The molecule has 4 aliphatic rings. The fourth-order valence-corrected chi connectivity index (χ4v) is 7.30. The molecule has 0 aliphatic carbocycles. The Morgan fingerprint density at radius 2 is 0.980 bits per heavy atom. The first kappa shape index (κ1) is 30.3. The fourth-order valence-electron chi connectivity index (χ4n) is 7.30. The summed E-state index contributed by atoms with van der Waals surface area (Å²) in [5.41, 5.74) is 10.9. The molecule has 6 heteroatoms. The van der Waals surface area contributed by atoms with Gasteiger partial charge in [0.2, 0.25) is 5.78 Å². The average Bonchev–Trinajstić information content (AvgIpc) is 4.01. The number of nitrogens with one attached hydrogen (secondary N) is 2. The van der Waals surface area contributed by atoms with Crippen LogP contribution in [0, 0.1) is 0 Å². The van der Waals surface area contributed by atoms with Gasteiger partial charge in [0, 0.05) is 33.0 Å². The predicted octanol–water partition coefficient (Wildman–Crippen LogP) is 6.67. The van der Waals surface area contributed by atoms with Crippen molar-refractivity contribution in [2.45, 2.75) is 6.04 Å². The topological polar surface area (TPSA) is 78.8 Å². The lowest BCUT2D eigenvalue weighted by Crippen LogP contribution is -2.31. The van der Waals surface area contributed by atoms with Gasteiger partial charge in [-0.2, -0.15) is 0 Å². The van der Waals surface area contributed by atoms with E-state index in [1.165, 1.54) is 0 Å². The van der Waals surface area contributed by atoms with Crippen molar-refractivity contribution in [1.29, 1.82) is 0 Å². The third kappa shape index (κ3) is 5.25. The zero-order valence-electron chi connectivity index (χ0n) is 27.8. The number of fused-ring (bicyclic) bond motifs is 6. The molecule has 9 rings (SSSR count). The number of Topliss-reactive ketones (excluding diaryl/α,β-unsaturated/α-hetero) is 1. The highest BCUT2D eigenvalue weighted by molar-refractivity contribution is 6.32. The first-order chi connectivity index (χ1) is 25.2. The Kier molecular flexibility index (Phi) is 7.47. The van der Waals surface area contributed by atoms with Gasteiger partial charge in [0.15, 0.2) is 5.76 Å². The lowest BCUT2D eigenvalue weighted by atomic mass is 9.94. The number of H-pyrrole nitrogens is 1. The Balaban J connectivity index is 1.42. The number of nitrogens with zero attached hydrogens (tertiary/aromatic N) is 2. The van der Waals surface area contributed by atoms with Crippen LogP contribution in [0.25, 0.3) is 22.3 Å². The molecule has 5 aromatic rings. The monoisotopic (exact) mass is 660 g/mol. The van der Waals surface area contributed by atoms with Crippen LogP contribution < -0.4 is 16.0 Å². The summed E-state index contributed by atoms with van der Waals surface area (Å²) in [5, 5.41) is 5.49. The highest BCUT2D eigenvalue weighted by Crippen LogP contribution is 2.39. The predicted molar refractivity (Wildman–Crippen MR) is 204 cm³/mol. The molecular formula is C45H32N4O2. The number of ether oxygens (including phenoxy) is 1. The van der Waals surface area contributed by atoms with Crippen LogP contribution in [0.5, 0.6) is 0 Å². The van der Waals surface area contributed by atoms with Crippen molar-refractivity contribution in [3.8, 4) is 0 Å². The van der Waals surface area contributed by atoms with Gasteiger partial charge >= 0.3 is 0 Å². The number of allylic oxidation sites excluding steroid dienone is 5. The van der Waals surface area contributed by atoms with Crippen molar-refractivity contribution in [2.75, 3.05) is 7.11 Å². The van der Waals surface area contributed by atoms with E-state index in [1.54, 1.807) is 7.11 Å².